The fraction of sp³-hybridized carbons (Fsp3) is 0.143. The van der Waals surface area contributed by atoms with E-state index in [1.807, 2.05) is 0 Å². The van der Waals surface area contributed by atoms with E-state index in [4.69, 9.17) is 11.6 Å². The summed E-state index contributed by atoms with van der Waals surface area (Å²) in [7, 11) is -4.51. The normalized spacial score (nSPS) is 16.4. The summed E-state index contributed by atoms with van der Waals surface area (Å²) < 4.78 is 49.9. The molecule has 0 aliphatic heterocycles. The van der Waals surface area contributed by atoms with Crippen molar-refractivity contribution < 1.29 is 15.5 Å². The van der Waals surface area contributed by atoms with E-state index in [0.717, 1.165) is 12.1 Å². The van der Waals surface area contributed by atoms with Gasteiger partial charge in [-0.25, -0.2) is 0 Å². The van der Waals surface area contributed by atoms with Crippen LogP contribution in [0.2, 0.25) is 5.02 Å². The van der Waals surface area contributed by atoms with E-state index in [-0.39, 0.29) is 12.4 Å². The van der Waals surface area contributed by atoms with Gasteiger partial charge in [0.05, 0.1) is 4.90 Å². The molecule has 0 bridgehead atoms. The van der Waals surface area contributed by atoms with Crippen LogP contribution in [0.4, 0.5) is 15.5 Å². The third-order valence-electron chi connectivity index (χ3n) is 1.26. The number of hydrogen-bond acceptors (Lipinski definition) is 0. The van der Waals surface area contributed by atoms with Gasteiger partial charge in [0.1, 0.15) is 0 Å². The number of benzene rings is 1. The largest absolute Gasteiger partial charge is 0.253 e. The van der Waals surface area contributed by atoms with Crippen LogP contribution in [0, 0.1) is 0 Å². The van der Waals surface area contributed by atoms with Crippen LogP contribution in [0.25, 0.3) is 0 Å². The van der Waals surface area contributed by atoms with Crippen molar-refractivity contribution in [3.63, 3.8) is 0 Å². The van der Waals surface area contributed by atoms with Gasteiger partial charge >= 0.3 is 0 Å². The highest BCUT2D eigenvalue weighted by Gasteiger charge is 2.62. The molecule has 0 aliphatic carbocycles. The minimum Gasteiger partial charge on any atom is -0.107 e. The second-order valence-corrected chi connectivity index (χ2v) is 7.13. The summed E-state index contributed by atoms with van der Waals surface area (Å²) in [4.78, 5) is -1.49. The zero-order valence-electron chi connectivity index (χ0n) is 5.99. The molecule has 0 spiro atoms. The molecule has 0 amide bonds. The van der Waals surface area contributed by atoms with Crippen LogP contribution in [0.5, 0.6) is 0 Å². The molecule has 0 N–H and O–H groups in total. The van der Waals surface area contributed by atoms with Gasteiger partial charge in [-0.05, 0) is 24.3 Å². The highest BCUT2D eigenvalue weighted by molar-refractivity contribution is 8.65. The maximum atomic E-state index is 12.5. The zero-order valence-corrected chi connectivity index (χ0v) is 8.31. The molecule has 0 heterocycles. The van der Waals surface area contributed by atoms with Gasteiger partial charge in [-0.15, -0.1) is 15.5 Å². The summed E-state index contributed by atoms with van der Waals surface area (Å²) in [6.45, 7) is 0. The van der Waals surface area contributed by atoms with E-state index in [1.54, 1.807) is 0 Å². The van der Waals surface area contributed by atoms with E-state index >= 15 is 0 Å². The molecule has 1 rings (SSSR count). The van der Waals surface area contributed by atoms with Crippen LogP contribution in [0.1, 0.15) is 7.43 Å². The Morgan fingerprint density at radius 2 is 1.29 bits per heavy atom. The fourth-order valence-corrected chi connectivity index (χ4v) is 1.78. The van der Waals surface area contributed by atoms with Crippen LogP contribution in [0.15, 0.2) is 29.2 Å². The lowest BCUT2D eigenvalue weighted by Crippen LogP contribution is -2.03. The maximum absolute atomic E-state index is 12.5. The Balaban J connectivity index is 0.00000169. The Morgan fingerprint density at radius 3 is 1.57 bits per heavy atom. The SMILES string of the molecule is C.FS(F)(F)(F)(Cl)c1ccc(Cl)cc1. The molecule has 14 heavy (non-hydrogen) atoms. The van der Waals surface area contributed by atoms with E-state index in [2.05, 4.69) is 10.7 Å². The second-order valence-electron chi connectivity index (χ2n) is 2.42. The first kappa shape index (κ1) is 13.9. The van der Waals surface area contributed by atoms with Crippen molar-refractivity contribution in [2.75, 3.05) is 0 Å². The van der Waals surface area contributed by atoms with Crippen LogP contribution in [-0.4, -0.2) is 0 Å². The molecule has 0 atom stereocenters. The monoisotopic (exact) mass is 270 g/mol. The van der Waals surface area contributed by atoms with Crippen molar-refractivity contribution in [1.29, 1.82) is 0 Å². The van der Waals surface area contributed by atoms with Crippen LogP contribution in [0.3, 0.4) is 0 Å². The van der Waals surface area contributed by atoms with Gasteiger partial charge in [0.15, 0.2) is 0 Å². The Morgan fingerprint density at radius 1 is 0.929 bits per heavy atom. The Kier molecular flexibility index (Phi) is 2.90. The van der Waals surface area contributed by atoms with Gasteiger partial charge < -0.3 is 0 Å². The number of hydrogen-bond donors (Lipinski definition) is 0. The van der Waals surface area contributed by atoms with Gasteiger partial charge in [-0.3, -0.25) is 0 Å². The van der Waals surface area contributed by atoms with Crippen LogP contribution < -0.4 is 0 Å². The molecule has 0 fully saturated rings. The first-order valence-corrected chi connectivity index (χ1v) is 6.24. The molecule has 0 aliphatic rings. The highest BCUT2D eigenvalue weighted by Crippen LogP contribution is 3.04. The van der Waals surface area contributed by atoms with Gasteiger partial charge in [0.2, 0.25) is 0 Å². The Hall–Kier alpha value is -0.130. The molecule has 84 valence electrons. The van der Waals surface area contributed by atoms with Gasteiger partial charge in [-0.1, -0.05) is 19.0 Å². The van der Waals surface area contributed by atoms with Gasteiger partial charge in [0, 0.05) is 15.7 Å². The van der Waals surface area contributed by atoms with Crippen molar-refractivity contribution in [3.05, 3.63) is 29.3 Å². The lowest BCUT2D eigenvalue weighted by molar-refractivity contribution is 0.480. The molecule has 1 aromatic carbocycles. The van der Waals surface area contributed by atoms with Gasteiger partial charge in [0.25, 0.3) is 9.05 Å². The van der Waals surface area contributed by atoms with Crippen molar-refractivity contribution in [2.45, 2.75) is 12.3 Å². The lowest BCUT2D eigenvalue weighted by atomic mass is 10.4. The van der Waals surface area contributed by atoms with E-state index in [1.165, 1.54) is 0 Å². The number of rotatable bonds is 1. The minimum atomic E-state index is -8.54. The van der Waals surface area contributed by atoms with Crippen LogP contribution in [-0.2, 0) is 0 Å². The minimum absolute atomic E-state index is 0. The van der Waals surface area contributed by atoms with E-state index < -0.39 is 13.9 Å². The molecule has 0 saturated carbocycles. The van der Waals surface area contributed by atoms with E-state index in [9.17, 15) is 15.5 Å². The summed E-state index contributed by atoms with van der Waals surface area (Å²) in [6, 6.07) is 2.88. The molecule has 0 unspecified atom stereocenters. The standard InChI is InChI=1S/C6H4Cl2F4S.CH4/c7-5-1-3-6(4-2-5)13(8,9,10,11)12;/h1-4H;1H4. The molecule has 0 nitrogen and oxygen atoms in total. The predicted octanol–water partition coefficient (Wildman–Crippen LogP) is 5.90. The maximum Gasteiger partial charge on any atom is 0.253 e. The average molecular weight is 271 g/mol. The first-order chi connectivity index (χ1) is 5.49. The topological polar surface area (TPSA) is 0 Å². The Labute approximate surface area is 88.8 Å². The molecule has 1 aromatic rings. The zero-order chi connectivity index (χ0) is 10.4. The predicted molar refractivity (Wildman–Crippen MR) is 54.3 cm³/mol. The molecule has 0 aromatic heterocycles. The van der Waals surface area contributed by atoms with Crippen molar-refractivity contribution in [3.8, 4) is 0 Å². The highest BCUT2D eigenvalue weighted by atomic mass is 35.7. The van der Waals surface area contributed by atoms with E-state index in [0.29, 0.717) is 12.1 Å². The summed E-state index contributed by atoms with van der Waals surface area (Å²) in [5.74, 6) is 0. The average Bonchev–Trinajstić information content (AvgIpc) is 1.82. The Bertz CT molecular complexity index is 328. The summed E-state index contributed by atoms with van der Waals surface area (Å²) in [5, 5.41) is 0.0854. The smallest absolute Gasteiger partial charge is 0.107 e. The van der Waals surface area contributed by atoms with Crippen molar-refractivity contribution in [1.82, 2.24) is 0 Å². The first-order valence-electron chi connectivity index (χ1n) is 2.99. The van der Waals surface area contributed by atoms with Gasteiger partial charge in [-0.2, -0.15) is 0 Å². The van der Waals surface area contributed by atoms with Crippen molar-refractivity contribution >= 4 is 31.3 Å². The third kappa shape index (κ3) is 3.55. The summed E-state index contributed by atoms with van der Waals surface area (Å²) >= 11 is 5.33. The number of halogens is 6. The second kappa shape index (κ2) is 2.93. The quantitative estimate of drug-likeness (QED) is 0.557. The van der Waals surface area contributed by atoms with Crippen molar-refractivity contribution in [2.24, 2.45) is 0 Å². The van der Waals surface area contributed by atoms with Crippen LogP contribution >= 0.6 is 31.3 Å². The summed E-state index contributed by atoms with van der Waals surface area (Å²) in [5.41, 5.74) is 0. The molecule has 0 saturated heterocycles. The third-order valence-corrected chi connectivity index (χ3v) is 3.21. The molecule has 7 heteroatoms. The fourth-order valence-electron chi connectivity index (χ4n) is 0.692. The lowest BCUT2D eigenvalue weighted by Gasteiger charge is -2.42. The molecular weight excluding hydrogens is 263 g/mol. The summed E-state index contributed by atoms with van der Waals surface area (Å²) in [6.07, 6.45) is 0. The molecular formula is C7H8Cl2F4S. The molecule has 0 radical (unpaired) electrons.